The van der Waals surface area contributed by atoms with Crippen LogP contribution in [0.25, 0.3) is 11.3 Å². The Labute approximate surface area is 161 Å². The van der Waals surface area contributed by atoms with Crippen molar-refractivity contribution < 1.29 is 9.59 Å². The molecule has 2 N–H and O–H groups in total. The van der Waals surface area contributed by atoms with Crippen LogP contribution < -0.4 is 10.2 Å². The number of aromatic nitrogens is 2. The lowest BCUT2D eigenvalue weighted by Gasteiger charge is -2.15. The highest BCUT2D eigenvalue weighted by atomic mass is 35.5. The van der Waals surface area contributed by atoms with Crippen molar-refractivity contribution in [1.82, 2.24) is 10.2 Å². The fourth-order valence-corrected chi connectivity index (χ4v) is 3.43. The largest absolute Gasteiger partial charge is 0.322 e. The SMILES string of the molecule is CC(=O)N1CCc2cc(NC(=O)c3cn[nH]c3-c3ccc(Cl)cc3)ccc21. The van der Waals surface area contributed by atoms with E-state index in [0.29, 0.717) is 28.5 Å². The number of benzene rings is 2. The summed E-state index contributed by atoms with van der Waals surface area (Å²) in [5.74, 6) is -0.230. The van der Waals surface area contributed by atoms with E-state index in [9.17, 15) is 9.59 Å². The number of carbonyl (C=O) groups is 2. The third-order valence-corrected chi connectivity index (χ3v) is 4.88. The fraction of sp³-hybridized carbons (Fsp3) is 0.150. The molecule has 0 atom stereocenters. The van der Waals surface area contributed by atoms with Crippen LogP contribution in [0, 0.1) is 0 Å². The summed E-state index contributed by atoms with van der Waals surface area (Å²) in [6.45, 7) is 2.23. The second-order valence-corrected chi connectivity index (χ2v) is 6.82. The maximum atomic E-state index is 12.7. The van der Waals surface area contributed by atoms with Gasteiger partial charge in [0.2, 0.25) is 5.91 Å². The summed E-state index contributed by atoms with van der Waals surface area (Å²) in [5.41, 5.74) is 4.55. The Kier molecular flexibility index (Phi) is 4.41. The van der Waals surface area contributed by atoms with Gasteiger partial charge in [-0.05, 0) is 42.3 Å². The average Bonchev–Trinajstić information content (AvgIpc) is 3.29. The van der Waals surface area contributed by atoms with Crippen molar-refractivity contribution in [3.05, 3.63) is 64.8 Å². The van der Waals surface area contributed by atoms with Crippen molar-refractivity contribution in [3.63, 3.8) is 0 Å². The number of fused-ring (bicyclic) bond motifs is 1. The van der Waals surface area contributed by atoms with Gasteiger partial charge in [-0.2, -0.15) is 5.10 Å². The van der Waals surface area contributed by atoms with Crippen LogP contribution in [-0.4, -0.2) is 28.6 Å². The Morgan fingerprint density at radius 3 is 2.70 bits per heavy atom. The predicted octanol–water partition coefficient (Wildman–Crippen LogP) is 3.89. The summed E-state index contributed by atoms with van der Waals surface area (Å²) in [6, 6.07) is 12.8. The molecule has 3 aromatic rings. The molecule has 0 aliphatic carbocycles. The first-order valence-corrected chi connectivity index (χ1v) is 8.92. The number of rotatable bonds is 3. The van der Waals surface area contributed by atoms with E-state index in [1.54, 1.807) is 30.0 Å². The quantitative estimate of drug-likeness (QED) is 0.723. The van der Waals surface area contributed by atoms with Crippen LogP contribution in [0.2, 0.25) is 5.02 Å². The number of hydrogen-bond acceptors (Lipinski definition) is 3. The molecule has 7 heteroatoms. The van der Waals surface area contributed by atoms with Gasteiger partial charge in [-0.3, -0.25) is 14.7 Å². The maximum Gasteiger partial charge on any atom is 0.259 e. The predicted molar refractivity (Wildman–Crippen MR) is 105 cm³/mol. The van der Waals surface area contributed by atoms with Crippen molar-refractivity contribution in [2.24, 2.45) is 0 Å². The third kappa shape index (κ3) is 3.31. The van der Waals surface area contributed by atoms with Gasteiger partial charge in [0.1, 0.15) is 0 Å². The van der Waals surface area contributed by atoms with Crippen LogP contribution in [0.5, 0.6) is 0 Å². The Morgan fingerprint density at radius 2 is 1.96 bits per heavy atom. The van der Waals surface area contributed by atoms with Crippen molar-refractivity contribution >= 4 is 34.8 Å². The van der Waals surface area contributed by atoms with Crippen molar-refractivity contribution in [2.75, 3.05) is 16.8 Å². The van der Waals surface area contributed by atoms with E-state index in [-0.39, 0.29) is 11.8 Å². The maximum absolute atomic E-state index is 12.7. The number of hydrogen-bond donors (Lipinski definition) is 2. The van der Waals surface area contributed by atoms with Crippen LogP contribution in [-0.2, 0) is 11.2 Å². The molecular weight excluding hydrogens is 364 g/mol. The zero-order valence-electron chi connectivity index (χ0n) is 14.6. The molecule has 27 heavy (non-hydrogen) atoms. The molecule has 0 bridgehead atoms. The first-order chi connectivity index (χ1) is 13.0. The van der Waals surface area contributed by atoms with Crippen molar-refractivity contribution in [1.29, 1.82) is 0 Å². The molecule has 0 fully saturated rings. The molecule has 2 heterocycles. The Bertz CT molecular complexity index is 1030. The smallest absolute Gasteiger partial charge is 0.259 e. The van der Waals surface area contributed by atoms with Crippen LogP contribution in [0.3, 0.4) is 0 Å². The standard InChI is InChI=1S/C20H17ClN4O2/c1-12(26)25-9-8-14-10-16(6-7-18(14)25)23-20(27)17-11-22-24-19(17)13-2-4-15(21)5-3-13/h2-7,10-11H,8-9H2,1H3,(H,22,24)(H,23,27). The van der Waals surface area contributed by atoms with Crippen LogP contribution in [0.15, 0.2) is 48.7 Å². The zero-order valence-corrected chi connectivity index (χ0v) is 15.4. The molecule has 4 rings (SSSR count). The molecule has 1 aliphatic heterocycles. The van der Waals surface area contributed by atoms with Gasteiger partial charge in [0, 0.05) is 35.4 Å². The molecule has 0 radical (unpaired) electrons. The van der Waals surface area contributed by atoms with Gasteiger partial charge >= 0.3 is 0 Å². The van der Waals surface area contributed by atoms with E-state index in [4.69, 9.17) is 11.6 Å². The number of halogens is 1. The second-order valence-electron chi connectivity index (χ2n) is 6.38. The molecule has 1 aromatic heterocycles. The van der Waals surface area contributed by atoms with Crippen molar-refractivity contribution in [3.8, 4) is 11.3 Å². The van der Waals surface area contributed by atoms with Gasteiger partial charge in [0.15, 0.2) is 0 Å². The lowest BCUT2D eigenvalue weighted by molar-refractivity contribution is -0.116. The van der Waals surface area contributed by atoms with E-state index in [1.165, 1.54) is 6.20 Å². The first-order valence-electron chi connectivity index (χ1n) is 8.54. The minimum atomic E-state index is -0.255. The zero-order chi connectivity index (χ0) is 19.0. The highest BCUT2D eigenvalue weighted by Crippen LogP contribution is 2.31. The summed E-state index contributed by atoms with van der Waals surface area (Å²) < 4.78 is 0. The van der Waals surface area contributed by atoms with Gasteiger partial charge in [-0.1, -0.05) is 23.7 Å². The first kappa shape index (κ1) is 17.3. The summed E-state index contributed by atoms with van der Waals surface area (Å²) in [6.07, 6.45) is 2.28. The highest BCUT2D eigenvalue weighted by molar-refractivity contribution is 6.30. The lowest BCUT2D eigenvalue weighted by atomic mass is 10.1. The number of carbonyl (C=O) groups excluding carboxylic acids is 2. The molecule has 0 spiro atoms. The molecule has 2 aromatic carbocycles. The van der Waals surface area contributed by atoms with Crippen molar-refractivity contribution in [2.45, 2.75) is 13.3 Å². The van der Waals surface area contributed by atoms with Crippen LogP contribution in [0.4, 0.5) is 11.4 Å². The molecule has 2 amide bonds. The number of nitrogens with one attached hydrogen (secondary N) is 2. The molecule has 0 saturated heterocycles. The number of amides is 2. The topological polar surface area (TPSA) is 78.1 Å². The number of H-pyrrole nitrogens is 1. The normalized spacial score (nSPS) is 12.7. The molecule has 1 aliphatic rings. The Hall–Kier alpha value is -3.12. The molecular formula is C20H17ClN4O2. The molecule has 0 saturated carbocycles. The second kappa shape index (κ2) is 6.89. The number of aromatic amines is 1. The van der Waals surface area contributed by atoms with Gasteiger partial charge in [0.25, 0.3) is 5.91 Å². The van der Waals surface area contributed by atoms with E-state index in [1.807, 2.05) is 24.3 Å². The van der Waals surface area contributed by atoms with Gasteiger partial charge in [-0.25, -0.2) is 0 Å². The van der Waals surface area contributed by atoms with E-state index in [0.717, 1.165) is 23.2 Å². The van der Waals surface area contributed by atoms with E-state index in [2.05, 4.69) is 15.5 Å². The van der Waals surface area contributed by atoms with Gasteiger partial charge in [-0.15, -0.1) is 0 Å². The molecule has 6 nitrogen and oxygen atoms in total. The Balaban J connectivity index is 1.57. The third-order valence-electron chi connectivity index (χ3n) is 4.63. The summed E-state index contributed by atoms with van der Waals surface area (Å²) >= 11 is 5.93. The van der Waals surface area contributed by atoms with Gasteiger partial charge < -0.3 is 10.2 Å². The van der Waals surface area contributed by atoms with E-state index >= 15 is 0 Å². The number of anilines is 2. The average molecular weight is 381 g/mol. The molecule has 136 valence electrons. The molecule has 0 unspecified atom stereocenters. The minimum absolute atomic E-state index is 0.0246. The van der Waals surface area contributed by atoms with E-state index < -0.39 is 0 Å². The number of nitrogens with zero attached hydrogens (tertiary/aromatic N) is 2. The summed E-state index contributed by atoms with van der Waals surface area (Å²) in [5, 5.41) is 10.4. The summed E-state index contributed by atoms with van der Waals surface area (Å²) in [4.78, 5) is 26.2. The highest BCUT2D eigenvalue weighted by Gasteiger charge is 2.23. The van der Waals surface area contributed by atoms with Crippen LogP contribution >= 0.6 is 11.6 Å². The summed E-state index contributed by atoms with van der Waals surface area (Å²) in [7, 11) is 0. The fourth-order valence-electron chi connectivity index (χ4n) is 3.30. The van der Waals surface area contributed by atoms with Crippen LogP contribution in [0.1, 0.15) is 22.8 Å². The monoisotopic (exact) mass is 380 g/mol. The lowest BCUT2D eigenvalue weighted by Crippen LogP contribution is -2.25. The van der Waals surface area contributed by atoms with Gasteiger partial charge in [0.05, 0.1) is 17.5 Å². The minimum Gasteiger partial charge on any atom is -0.322 e. The Morgan fingerprint density at radius 1 is 1.19 bits per heavy atom.